The second kappa shape index (κ2) is 5.38. The minimum Gasteiger partial charge on any atom is -0.478 e. The van der Waals surface area contributed by atoms with Crippen molar-refractivity contribution in [2.75, 3.05) is 5.73 Å². The fourth-order valence-electron chi connectivity index (χ4n) is 1.49. The summed E-state index contributed by atoms with van der Waals surface area (Å²) in [7, 11) is 0. The molecule has 6 heteroatoms. The van der Waals surface area contributed by atoms with Crippen molar-refractivity contribution in [3.63, 3.8) is 0 Å². The van der Waals surface area contributed by atoms with Crippen LogP contribution in [0, 0.1) is 0 Å². The van der Waals surface area contributed by atoms with Gasteiger partial charge in [-0.1, -0.05) is 29.3 Å². The number of benzene rings is 2. The molecule has 0 amide bonds. The van der Waals surface area contributed by atoms with Crippen LogP contribution in [-0.4, -0.2) is 11.1 Å². The van der Waals surface area contributed by atoms with Gasteiger partial charge < -0.3 is 15.6 Å². The van der Waals surface area contributed by atoms with Gasteiger partial charge in [0.2, 0.25) is 0 Å². The molecule has 0 saturated heterocycles. The molecule has 0 saturated carbocycles. The Kier molecular flexibility index (Phi) is 3.83. The zero-order valence-electron chi connectivity index (χ0n) is 9.56. The molecule has 2 aromatic carbocycles. The van der Waals surface area contributed by atoms with Crippen molar-refractivity contribution in [1.82, 2.24) is 0 Å². The average molecular weight is 298 g/mol. The van der Waals surface area contributed by atoms with Gasteiger partial charge in [-0.25, -0.2) is 4.79 Å². The number of anilines is 1. The number of carboxylic acid groups (broad SMARTS) is 1. The third kappa shape index (κ3) is 2.92. The highest BCUT2D eigenvalue weighted by Crippen LogP contribution is 2.33. The molecule has 98 valence electrons. The van der Waals surface area contributed by atoms with E-state index in [2.05, 4.69) is 0 Å². The number of hydrogen-bond donors (Lipinski definition) is 2. The Morgan fingerprint density at radius 3 is 2.53 bits per heavy atom. The van der Waals surface area contributed by atoms with Gasteiger partial charge in [0.1, 0.15) is 5.75 Å². The van der Waals surface area contributed by atoms with Crippen LogP contribution in [0.5, 0.6) is 11.5 Å². The quantitative estimate of drug-likeness (QED) is 0.838. The molecule has 0 aliphatic heterocycles. The lowest BCUT2D eigenvalue weighted by atomic mass is 10.1. The Morgan fingerprint density at radius 2 is 1.89 bits per heavy atom. The van der Waals surface area contributed by atoms with Gasteiger partial charge in [0.15, 0.2) is 5.75 Å². The monoisotopic (exact) mass is 297 g/mol. The van der Waals surface area contributed by atoms with E-state index in [1.165, 1.54) is 12.1 Å². The van der Waals surface area contributed by atoms with Gasteiger partial charge in [-0.3, -0.25) is 0 Å². The van der Waals surface area contributed by atoms with E-state index < -0.39 is 5.97 Å². The van der Waals surface area contributed by atoms with Crippen LogP contribution < -0.4 is 10.5 Å². The number of hydrogen-bond acceptors (Lipinski definition) is 3. The summed E-state index contributed by atoms with van der Waals surface area (Å²) >= 11 is 11.7. The highest BCUT2D eigenvalue weighted by molar-refractivity contribution is 6.42. The molecule has 0 heterocycles. The summed E-state index contributed by atoms with van der Waals surface area (Å²) < 4.78 is 5.50. The van der Waals surface area contributed by atoms with Crippen LogP contribution in [0.1, 0.15) is 10.4 Å². The number of carboxylic acids is 1. The summed E-state index contributed by atoms with van der Waals surface area (Å²) in [5, 5.41) is 9.71. The number of aromatic carboxylic acids is 1. The van der Waals surface area contributed by atoms with Crippen LogP contribution in [0.25, 0.3) is 0 Å². The molecule has 2 aromatic rings. The average Bonchev–Trinajstić information content (AvgIpc) is 2.36. The first-order valence-corrected chi connectivity index (χ1v) is 5.99. The van der Waals surface area contributed by atoms with Crippen molar-refractivity contribution in [3.8, 4) is 11.5 Å². The third-order valence-corrected chi connectivity index (χ3v) is 3.15. The minimum absolute atomic E-state index is 0.0161. The van der Waals surface area contributed by atoms with Crippen molar-refractivity contribution < 1.29 is 14.6 Å². The van der Waals surface area contributed by atoms with Gasteiger partial charge in [0.05, 0.1) is 21.3 Å². The van der Waals surface area contributed by atoms with Crippen molar-refractivity contribution in [2.45, 2.75) is 0 Å². The Balaban J connectivity index is 2.35. The Morgan fingerprint density at radius 1 is 1.16 bits per heavy atom. The van der Waals surface area contributed by atoms with E-state index in [0.717, 1.165) is 0 Å². The largest absolute Gasteiger partial charge is 0.478 e. The molecule has 0 bridgehead atoms. The Bertz CT molecular complexity index is 644. The summed E-state index contributed by atoms with van der Waals surface area (Å²) in [6, 6.07) is 9.24. The van der Waals surface area contributed by atoms with E-state index in [4.69, 9.17) is 38.8 Å². The van der Waals surface area contributed by atoms with Crippen LogP contribution in [0.3, 0.4) is 0 Å². The predicted octanol–water partition coefficient (Wildman–Crippen LogP) is 4.07. The van der Waals surface area contributed by atoms with Crippen molar-refractivity contribution in [1.29, 1.82) is 0 Å². The molecule has 19 heavy (non-hydrogen) atoms. The van der Waals surface area contributed by atoms with E-state index in [1.54, 1.807) is 24.3 Å². The first-order chi connectivity index (χ1) is 8.99. The highest BCUT2D eigenvalue weighted by atomic mass is 35.5. The first kappa shape index (κ1) is 13.5. The van der Waals surface area contributed by atoms with Gasteiger partial charge in [-0.05, 0) is 24.3 Å². The Labute approximate surface area is 119 Å². The SMILES string of the molecule is Nc1c(Oc2ccc(Cl)c(Cl)c2)cccc1C(=O)O. The van der Waals surface area contributed by atoms with Gasteiger partial charge in [-0.2, -0.15) is 0 Å². The molecule has 4 nitrogen and oxygen atoms in total. The van der Waals surface area contributed by atoms with Crippen LogP contribution >= 0.6 is 23.2 Å². The topological polar surface area (TPSA) is 72.5 Å². The lowest BCUT2D eigenvalue weighted by molar-refractivity contribution is 0.0697. The molecule has 0 spiro atoms. The normalized spacial score (nSPS) is 10.2. The molecule has 0 aromatic heterocycles. The van der Waals surface area contributed by atoms with Crippen LogP contribution in [0.4, 0.5) is 5.69 Å². The smallest absolute Gasteiger partial charge is 0.337 e. The van der Waals surface area contributed by atoms with E-state index in [0.29, 0.717) is 15.8 Å². The van der Waals surface area contributed by atoms with Crippen molar-refractivity contribution in [2.24, 2.45) is 0 Å². The number of halogens is 2. The second-order valence-corrected chi connectivity index (χ2v) is 4.51. The predicted molar refractivity (Wildman–Crippen MR) is 74.3 cm³/mol. The lowest BCUT2D eigenvalue weighted by Gasteiger charge is -2.10. The summed E-state index contributed by atoms with van der Waals surface area (Å²) in [5.74, 6) is -0.445. The van der Waals surface area contributed by atoms with E-state index >= 15 is 0 Å². The van der Waals surface area contributed by atoms with Crippen LogP contribution in [0.15, 0.2) is 36.4 Å². The second-order valence-electron chi connectivity index (χ2n) is 3.70. The number of nitrogen functional groups attached to an aromatic ring is 1. The summed E-state index contributed by atoms with van der Waals surface area (Å²) in [6.07, 6.45) is 0. The van der Waals surface area contributed by atoms with E-state index in [1.807, 2.05) is 0 Å². The molecule has 0 aliphatic carbocycles. The van der Waals surface area contributed by atoms with Gasteiger partial charge in [0, 0.05) is 6.07 Å². The molecule has 0 atom stereocenters. The summed E-state index contributed by atoms with van der Waals surface area (Å²) in [5.41, 5.74) is 5.78. The summed E-state index contributed by atoms with van der Waals surface area (Å²) in [6.45, 7) is 0. The standard InChI is InChI=1S/C13H9Cl2NO3/c14-9-5-4-7(6-10(9)15)19-11-3-1-2-8(12(11)16)13(17)18/h1-6H,16H2,(H,17,18). The van der Waals surface area contributed by atoms with E-state index in [9.17, 15) is 4.79 Å². The number of ether oxygens (including phenoxy) is 1. The maximum atomic E-state index is 11.0. The fourth-order valence-corrected chi connectivity index (χ4v) is 1.77. The molecule has 0 radical (unpaired) electrons. The molecule has 0 aliphatic rings. The molecular weight excluding hydrogens is 289 g/mol. The molecular formula is C13H9Cl2NO3. The number of rotatable bonds is 3. The van der Waals surface area contributed by atoms with E-state index in [-0.39, 0.29) is 17.0 Å². The van der Waals surface area contributed by atoms with Crippen molar-refractivity contribution >= 4 is 34.9 Å². The zero-order chi connectivity index (χ0) is 14.0. The number of nitrogens with two attached hydrogens (primary N) is 1. The molecule has 0 fully saturated rings. The number of para-hydroxylation sites is 1. The maximum Gasteiger partial charge on any atom is 0.337 e. The first-order valence-electron chi connectivity index (χ1n) is 5.23. The number of carbonyl (C=O) groups is 1. The van der Waals surface area contributed by atoms with Gasteiger partial charge >= 0.3 is 5.97 Å². The van der Waals surface area contributed by atoms with Gasteiger partial charge in [0.25, 0.3) is 0 Å². The van der Waals surface area contributed by atoms with Gasteiger partial charge in [-0.15, -0.1) is 0 Å². The molecule has 2 rings (SSSR count). The zero-order valence-corrected chi connectivity index (χ0v) is 11.1. The van der Waals surface area contributed by atoms with Crippen LogP contribution in [0.2, 0.25) is 10.0 Å². The van der Waals surface area contributed by atoms with Crippen molar-refractivity contribution in [3.05, 3.63) is 52.0 Å². The third-order valence-electron chi connectivity index (χ3n) is 2.42. The maximum absolute atomic E-state index is 11.0. The molecule has 3 N–H and O–H groups in total. The fraction of sp³-hybridized carbons (Fsp3) is 0. The van der Waals surface area contributed by atoms with Crippen LogP contribution in [-0.2, 0) is 0 Å². The minimum atomic E-state index is -1.11. The highest BCUT2D eigenvalue weighted by Gasteiger charge is 2.12. The molecule has 0 unspecified atom stereocenters. The lowest BCUT2D eigenvalue weighted by Crippen LogP contribution is -2.03. The summed E-state index contributed by atoms with van der Waals surface area (Å²) in [4.78, 5) is 11.0. The Hall–Kier alpha value is -1.91.